The van der Waals surface area contributed by atoms with Crippen molar-refractivity contribution in [2.45, 2.75) is 58.0 Å². The van der Waals surface area contributed by atoms with Gasteiger partial charge in [-0.3, -0.25) is 9.59 Å². The first kappa shape index (κ1) is 17.2. The van der Waals surface area contributed by atoms with E-state index in [1.54, 1.807) is 6.08 Å². The molecule has 0 saturated heterocycles. The van der Waals surface area contributed by atoms with Crippen LogP contribution in [0, 0.1) is 28.6 Å². The molecule has 4 rings (SSSR count). The highest BCUT2D eigenvalue weighted by Crippen LogP contribution is 2.67. The number of fused-ring (bicyclic) bond motifs is 5. The number of hydrogen-bond acceptors (Lipinski definition) is 4. The molecule has 2 N–H and O–H groups in total. The Morgan fingerprint density at radius 3 is 2.64 bits per heavy atom. The zero-order chi connectivity index (χ0) is 18.0. The maximum Gasteiger partial charge on any atom is 0.190 e. The molecule has 25 heavy (non-hydrogen) atoms. The second-order valence-corrected chi connectivity index (χ2v) is 9.04. The van der Waals surface area contributed by atoms with Crippen molar-refractivity contribution in [1.82, 2.24) is 0 Å². The van der Waals surface area contributed by atoms with Crippen LogP contribution in [0.2, 0.25) is 0 Å². The van der Waals surface area contributed by atoms with Gasteiger partial charge in [-0.25, -0.2) is 0 Å². The Balaban J connectivity index is 1.69. The molecule has 4 nitrogen and oxygen atoms in total. The average molecular weight is 344 g/mol. The summed E-state index contributed by atoms with van der Waals surface area (Å²) in [6.45, 7) is 3.73. The molecule has 136 valence electrons. The molecule has 3 saturated carbocycles. The van der Waals surface area contributed by atoms with Crippen molar-refractivity contribution < 1.29 is 19.8 Å². The monoisotopic (exact) mass is 344 g/mol. The summed E-state index contributed by atoms with van der Waals surface area (Å²) in [5.74, 6) is 0.897. The van der Waals surface area contributed by atoms with E-state index in [0.717, 1.165) is 32.1 Å². The summed E-state index contributed by atoms with van der Waals surface area (Å²) in [6.07, 6.45) is 10.6. The summed E-state index contributed by atoms with van der Waals surface area (Å²) in [7, 11) is 0. The lowest BCUT2D eigenvalue weighted by atomic mass is 9.47. The Kier molecular flexibility index (Phi) is 3.69. The van der Waals surface area contributed by atoms with Crippen LogP contribution in [0.15, 0.2) is 23.8 Å². The zero-order valence-electron chi connectivity index (χ0n) is 15.1. The third-order valence-electron chi connectivity index (χ3n) is 8.31. The lowest BCUT2D eigenvalue weighted by Crippen LogP contribution is -2.57. The van der Waals surface area contributed by atoms with Gasteiger partial charge in [0, 0.05) is 10.8 Å². The molecular formula is C21H28O4. The smallest absolute Gasteiger partial charge is 0.190 e. The SMILES string of the molecule is CC12C=CC(=O)C=C1CCC1C2CCC2(C)C1CCC2(O)C(=O)CO. The van der Waals surface area contributed by atoms with Crippen molar-refractivity contribution in [3.63, 3.8) is 0 Å². The summed E-state index contributed by atoms with van der Waals surface area (Å²) in [5.41, 5.74) is -0.642. The van der Waals surface area contributed by atoms with Gasteiger partial charge < -0.3 is 10.2 Å². The van der Waals surface area contributed by atoms with Gasteiger partial charge in [0.25, 0.3) is 0 Å². The highest BCUT2D eigenvalue weighted by atomic mass is 16.3. The number of Topliss-reactive ketones (excluding diaryl/α,β-unsaturated/α-hetero) is 1. The van der Waals surface area contributed by atoms with Gasteiger partial charge in [0.1, 0.15) is 12.2 Å². The van der Waals surface area contributed by atoms with Crippen molar-refractivity contribution in [2.24, 2.45) is 28.6 Å². The highest BCUT2D eigenvalue weighted by molar-refractivity contribution is 6.01. The minimum Gasteiger partial charge on any atom is -0.388 e. The number of rotatable bonds is 2. The maximum atomic E-state index is 12.3. The standard InChI is InChI=1S/C21H28O4/c1-19-8-5-14(23)11-13(19)3-4-15-16(19)6-9-20(2)17(15)7-10-21(20,25)18(24)12-22/h5,8,11,15-17,22,25H,3-4,6-7,9-10,12H2,1-2H3. The van der Waals surface area contributed by atoms with Crippen LogP contribution in [-0.4, -0.2) is 34.0 Å². The first-order chi connectivity index (χ1) is 11.8. The van der Waals surface area contributed by atoms with E-state index in [0.29, 0.717) is 24.2 Å². The van der Waals surface area contributed by atoms with E-state index in [2.05, 4.69) is 19.9 Å². The molecule has 0 aromatic rings. The lowest BCUT2D eigenvalue weighted by Gasteiger charge is -2.57. The molecule has 0 heterocycles. The maximum absolute atomic E-state index is 12.3. The largest absolute Gasteiger partial charge is 0.388 e. The summed E-state index contributed by atoms with van der Waals surface area (Å²) in [4.78, 5) is 24.1. The molecule has 6 atom stereocenters. The van der Waals surface area contributed by atoms with Crippen LogP contribution in [0.25, 0.3) is 0 Å². The highest BCUT2D eigenvalue weighted by Gasteiger charge is 2.65. The number of carbonyl (C=O) groups is 2. The molecule has 0 bridgehead atoms. The second kappa shape index (κ2) is 5.37. The van der Waals surface area contributed by atoms with Crippen LogP contribution < -0.4 is 0 Å². The minimum absolute atomic E-state index is 0.0696. The summed E-state index contributed by atoms with van der Waals surface area (Å²) in [6, 6.07) is 0. The molecule has 4 heteroatoms. The van der Waals surface area contributed by atoms with Gasteiger partial charge in [0.15, 0.2) is 11.6 Å². The Bertz CT molecular complexity index is 692. The van der Waals surface area contributed by atoms with Gasteiger partial charge in [0.05, 0.1) is 0 Å². The second-order valence-electron chi connectivity index (χ2n) is 9.04. The van der Waals surface area contributed by atoms with Crippen LogP contribution in [0.5, 0.6) is 0 Å². The third-order valence-corrected chi connectivity index (χ3v) is 8.31. The molecule has 0 amide bonds. The summed E-state index contributed by atoms with van der Waals surface area (Å²) >= 11 is 0. The first-order valence-electron chi connectivity index (χ1n) is 9.57. The van der Waals surface area contributed by atoms with E-state index in [1.807, 2.05) is 6.08 Å². The molecule has 4 aliphatic rings. The number of carbonyl (C=O) groups excluding carboxylic acids is 2. The topological polar surface area (TPSA) is 74.6 Å². The summed E-state index contributed by atoms with van der Waals surface area (Å²) < 4.78 is 0. The van der Waals surface area contributed by atoms with Crippen molar-refractivity contribution in [3.05, 3.63) is 23.8 Å². The van der Waals surface area contributed by atoms with Crippen LogP contribution >= 0.6 is 0 Å². The molecule has 0 aromatic carbocycles. The Hall–Kier alpha value is -1.26. The van der Waals surface area contributed by atoms with E-state index in [-0.39, 0.29) is 11.2 Å². The Labute approximate surface area is 149 Å². The fraction of sp³-hybridized carbons (Fsp3) is 0.714. The third kappa shape index (κ3) is 2.07. The molecule has 0 spiro atoms. The normalized spacial score (nSPS) is 48.4. The fourth-order valence-corrected chi connectivity index (χ4v) is 6.80. The zero-order valence-corrected chi connectivity index (χ0v) is 15.1. The number of ketones is 2. The Morgan fingerprint density at radius 2 is 1.92 bits per heavy atom. The van der Waals surface area contributed by atoms with Crippen molar-refractivity contribution in [1.29, 1.82) is 0 Å². The molecule has 3 fully saturated rings. The average Bonchev–Trinajstić information content (AvgIpc) is 2.87. The molecule has 0 aromatic heterocycles. The minimum atomic E-state index is -1.38. The van der Waals surface area contributed by atoms with Crippen LogP contribution in [-0.2, 0) is 9.59 Å². The number of aliphatic hydroxyl groups is 2. The predicted octanol–water partition coefficient (Wildman–Crippen LogP) is 2.59. The predicted molar refractivity (Wildman–Crippen MR) is 93.7 cm³/mol. The van der Waals surface area contributed by atoms with Gasteiger partial charge in [-0.05, 0) is 68.4 Å². The van der Waals surface area contributed by atoms with Gasteiger partial charge >= 0.3 is 0 Å². The van der Waals surface area contributed by atoms with E-state index in [1.165, 1.54) is 5.57 Å². The van der Waals surface area contributed by atoms with Gasteiger partial charge in [-0.15, -0.1) is 0 Å². The van der Waals surface area contributed by atoms with E-state index >= 15 is 0 Å². The van der Waals surface area contributed by atoms with Crippen molar-refractivity contribution in [2.75, 3.05) is 6.61 Å². The number of allylic oxidation sites excluding steroid dienone is 4. The van der Waals surface area contributed by atoms with E-state index < -0.39 is 23.4 Å². The van der Waals surface area contributed by atoms with Crippen molar-refractivity contribution >= 4 is 11.6 Å². The fourth-order valence-electron chi connectivity index (χ4n) is 6.80. The van der Waals surface area contributed by atoms with Crippen LogP contribution in [0.3, 0.4) is 0 Å². The molecular weight excluding hydrogens is 316 g/mol. The van der Waals surface area contributed by atoms with Gasteiger partial charge in [-0.1, -0.05) is 25.5 Å². The van der Waals surface area contributed by atoms with Crippen LogP contribution in [0.4, 0.5) is 0 Å². The van der Waals surface area contributed by atoms with E-state index in [9.17, 15) is 19.8 Å². The quantitative estimate of drug-likeness (QED) is 0.807. The number of aliphatic hydroxyl groups excluding tert-OH is 1. The molecule has 4 aliphatic carbocycles. The molecule has 0 radical (unpaired) electrons. The van der Waals surface area contributed by atoms with Gasteiger partial charge in [0.2, 0.25) is 0 Å². The van der Waals surface area contributed by atoms with Crippen LogP contribution in [0.1, 0.15) is 52.4 Å². The van der Waals surface area contributed by atoms with Gasteiger partial charge in [-0.2, -0.15) is 0 Å². The van der Waals surface area contributed by atoms with E-state index in [4.69, 9.17) is 0 Å². The number of hydrogen-bond donors (Lipinski definition) is 2. The lowest BCUT2D eigenvalue weighted by molar-refractivity contribution is -0.163. The molecule has 6 unspecified atom stereocenters. The van der Waals surface area contributed by atoms with Crippen molar-refractivity contribution in [3.8, 4) is 0 Å². The molecule has 0 aliphatic heterocycles. The first-order valence-corrected chi connectivity index (χ1v) is 9.57. The summed E-state index contributed by atoms with van der Waals surface area (Å²) in [5, 5.41) is 20.5. The Morgan fingerprint density at radius 1 is 1.20 bits per heavy atom.